The summed E-state index contributed by atoms with van der Waals surface area (Å²) in [6.07, 6.45) is 5.35. The van der Waals surface area contributed by atoms with Gasteiger partial charge in [0.2, 0.25) is 5.82 Å². The van der Waals surface area contributed by atoms with Crippen LogP contribution in [0.3, 0.4) is 0 Å². The molecule has 0 aliphatic heterocycles. The van der Waals surface area contributed by atoms with E-state index in [0.717, 1.165) is 45.4 Å². The molecule has 8 nitrogen and oxygen atoms in total. The lowest BCUT2D eigenvalue weighted by Crippen LogP contribution is -2.25. The SMILES string of the molecule is CCCc1cn(-c2c(Cl)cccc2Br)c(=O)n1Cc1ccc(-c2ccccc2-c2nn[nH]n2)cn1. The molecule has 0 fully saturated rings. The number of aryl methyl sites for hydroxylation is 1. The maximum Gasteiger partial charge on any atom is 0.333 e. The van der Waals surface area contributed by atoms with Gasteiger partial charge in [-0.3, -0.25) is 14.1 Å². The van der Waals surface area contributed by atoms with Gasteiger partial charge in [0.05, 0.1) is 22.9 Å². The van der Waals surface area contributed by atoms with E-state index in [1.165, 1.54) is 0 Å². The summed E-state index contributed by atoms with van der Waals surface area (Å²) in [5.74, 6) is 0.521. The summed E-state index contributed by atoms with van der Waals surface area (Å²) in [5.41, 5.74) is 4.92. The Morgan fingerprint density at radius 1 is 1.06 bits per heavy atom. The third kappa shape index (κ3) is 4.56. The zero-order valence-electron chi connectivity index (χ0n) is 18.8. The fraction of sp³-hybridized carbons (Fsp3) is 0.160. The summed E-state index contributed by atoms with van der Waals surface area (Å²) in [7, 11) is 0. The van der Waals surface area contributed by atoms with Crippen molar-refractivity contribution in [1.82, 2.24) is 34.7 Å². The van der Waals surface area contributed by atoms with Gasteiger partial charge in [-0.05, 0) is 51.3 Å². The molecule has 3 heterocycles. The van der Waals surface area contributed by atoms with Crippen molar-refractivity contribution < 1.29 is 0 Å². The Bertz CT molecular complexity index is 1500. The molecule has 35 heavy (non-hydrogen) atoms. The molecule has 0 atom stereocenters. The zero-order valence-corrected chi connectivity index (χ0v) is 21.2. The van der Waals surface area contributed by atoms with Crippen molar-refractivity contribution in [2.45, 2.75) is 26.3 Å². The average molecular weight is 551 g/mol. The number of nitrogens with one attached hydrogen (secondary N) is 1. The summed E-state index contributed by atoms with van der Waals surface area (Å²) in [6, 6.07) is 17.2. The van der Waals surface area contributed by atoms with Gasteiger partial charge in [-0.25, -0.2) is 4.79 Å². The number of para-hydroxylation sites is 1. The largest absolute Gasteiger partial charge is 0.333 e. The van der Waals surface area contributed by atoms with Crippen LogP contribution < -0.4 is 5.69 Å². The highest BCUT2D eigenvalue weighted by molar-refractivity contribution is 9.10. The van der Waals surface area contributed by atoms with Crippen LogP contribution in [0.25, 0.3) is 28.2 Å². The minimum atomic E-state index is -0.157. The molecule has 1 N–H and O–H groups in total. The van der Waals surface area contributed by atoms with E-state index in [9.17, 15) is 4.79 Å². The standard InChI is InChI=1S/C25H21BrClN7O/c1-2-6-18-15-34(23-21(26)9-5-10-22(23)27)25(35)33(18)14-17-12-11-16(13-28-17)19-7-3-4-8-20(19)24-29-31-32-30-24/h3-5,7-13,15H,2,6,14H2,1H3,(H,29,30,31,32). The van der Waals surface area contributed by atoms with Crippen molar-refractivity contribution >= 4 is 27.5 Å². The van der Waals surface area contributed by atoms with Crippen LogP contribution in [0.4, 0.5) is 0 Å². The van der Waals surface area contributed by atoms with E-state index in [1.54, 1.807) is 21.4 Å². The fourth-order valence-electron chi connectivity index (χ4n) is 4.08. The van der Waals surface area contributed by atoms with E-state index in [0.29, 0.717) is 23.1 Å². The van der Waals surface area contributed by atoms with Crippen LogP contribution in [-0.4, -0.2) is 34.7 Å². The smallest absolute Gasteiger partial charge is 0.290 e. The van der Waals surface area contributed by atoms with E-state index < -0.39 is 0 Å². The van der Waals surface area contributed by atoms with Crippen LogP contribution in [0.5, 0.6) is 0 Å². The van der Waals surface area contributed by atoms with E-state index in [-0.39, 0.29) is 5.69 Å². The first kappa shape index (κ1) is 23.2. The van der Waals surface area contributed by atoms with E-state index >= 15 is 0 Å². The van der Waals surface area contributed by atoms with Gasteiger partial charge in [0.15, 0.2) is 0 Å². The number of pyridine rings is 1. The van der Waals surface area contributed by atoms with Gasteiger partial charge >= 0.3 is 5.69 Å². The Morgan fingerprint density at radius 3 is 2.57 bits per heavy atom. The molecular formula is C25H21BrClN7O. The van der Waals surface area contributed by atoms with Crippen LogP contribution in [0.2, 0.25) is 5.02 Å². The van der Waals surface area contributed by atoms with Gasteiger partial charge in [0.25, 0.3) is 0 Å². The number of hydrogen-bond acceptors (Lipinski definition) is 5. The maximum absolute atomic E-state index is 13.4. The normalized spacial score (nSPS) is 11.2. The molecule has 0 aliphatic rings. The predicted molar refractivity (Wildman–Crippen MR) is 139 cm³/mol. The summed E-state index contributed by atoms with van der Waals surface area (Å²) in [4.78, 5) is 18.1. The Morgan fingerprint density at radius 2 is 1.89 bits per heavy atom. The van der Waals surface area contributed by atoms with Crippen molar-refractivity contribution in [2.24, 2.45) is 0 Å². The molecule has 0 aliphatic carbocycles. The van der Waals surface area contributed by atoms with Crippen molar-refractivity contribution in [3.8, 4) is 28.2 Å². The number of H-pyrrole nitrogens is 1. The quantitative estimate of drug-likeness (QED) is 0.297. The molecule has 0 saturated carbocycles. The monoisotopic (exact) mass is 549 g/mol. The number of tetrazole rings is 1. The van der Waals surface area contributed by atoms with Crippen molar-refractivity contribution in [3.05, 3.63) is 98.4 Å². The molecule has 0 bridgehead atoms. The van der Waals surface area contributed by atoms with Crippen LogP contribution >= 0.6 is 27.5 Å². The van der Waals surface area contributed by atoms with Crippen LogP contribution in [-0.2, 0) is 13.0 Å². The molecular weight excluding hydrogens is 530 g/mol. The van der Waals surface area contributed by atoms with Crippen molar-refractivity contribution in [3.63, 3.8) is 0 Å². The number of rotatable bonds is 7. The first-order valence-electron chi connectivity index (χ1n) is 11.1. The van der Waals surface area contributed by atoms with Gasteiger partial charge in [-0.15, -0.1) is 10.2 Å². The zero-order chi connectivity index (χ0) is 24.4. The highest BCUT2D eigenvalue weighted by atomic mass is 79.9. The second kappa shape index (κ2) is 9.97. The van der Waals surface area contributed by atoms with Gasteiger partial charge in [0.1, 0.15) is 0 Å². The van der Waals surface area contributed by atoms with Crippen LogP contribution in [0, 0.1) is 0 Å². The number of halogens is 2. The average Bonchev–Trinajstić information content (AvgIpc) is 3.50. The first-order chi connectivity index (χ1) is 17.1. The van der Waals surface area contributed by atoms with Crippen molar-refractivity contribution in [2.75, 3.05) is 0 Å². The first-order valence-corrected chi connectivity index (χ1v) is 12.3. The second-order valence-corrected chi connectivity index (χ2v) is 9.26. The number of imidazole rings is 1. The molecule has 5 aromatic rings. The summed E-state index contributed by atoms with van der Waals surface area (Å²) in [6.45, 7) is 2.45. The number of hydrogen-bond donors (Lipinski definition) is 1. The van der Waals surface area contributed by atoms with Gasteiger partial charge in [-0.2, -0.15) is 5.21 Å². The third-order valence-corrected chi connectivity index (χ3v) is 6.66. The van der Waals surface area contributed by atoms with Gasteiger partial charge < -0.3 is 0 Å². The Labute approximate surface area is 214 Å². The number of aromatic nitrogens is 7. The number of aromatic amines is 1. The van der Waals surface area contributed by atoms with Crippen LogP contribution in [0.15, 0.2) is 76.3 Å². The lowest BCUT2D eigenvalue weighted by Gasteiger charge is -2.09. The topological polar surface area (TPSA) is 94.3 Å². The highest BCUT2D eigenvalue weighted by Crippen LogP contribution is 2.30. The van der Waals surface area contributed by atoms with Gasteiger partial charge in [0, 0.05) is 33.7 Å². The number of nitrogens with zero attached hydrogens (tertiary/aromatic N) is 6. The molecule has 0 saturated heterocycles. The summed E-state index contributed by atoms with van der Waals surface area (Å²) in [5, 5.41) is 14.9. The molecule has 10 heteroatoms. The summed E-state index contributed by atoms with van der Waals surface area (Å²) < 4.78 is 4.12. The number of benzene rings is 2. The Balaban J connectivity index is 1.49. The van der Waals surface area contributed by atoms with Crippen LogP contribution in [0.1, 0.15) is 24.7 Å². The Hall–Kier alpha value is -3.56. The lowest BCUT2D eigenvalue weighted by molar-refractivity contribution is 0.679. The predicted octanol–water partition coefficient (Wildman–Crippen LogP) is 5.30. The molecule has 0 amide bonds. The highest BCUT2D eigenvalue weighted by Gasteiger charge is 2.17. The third-order valence-electron chi connectivity index (χ3n) is 5.72. The van der Waals surface area contributed by atoms with E-state index in [2.05, 4.69) is 48.5 Å². The maximum atomic E-state index is 13.4. The molecule has 0 unspecified atom stereocenters. The van der Waals surface area contributed by atoms with E-state index in [1.807, 2.05) is 54.7 Å². The van der Waals surface area contributed by atoms with Gasteiger partial charge in [-0.1, -0.05) is 61.3 Å². The lowest BCUT2D eigenvalue weighted by atomic mass is 10.0. The molecule has 0 radical (unpaired) electrons. The molecule has 176 valence electrons. The minimum absolute atomic E-state index is 0.157. The molecule has 3 aromatic heterocycles. The second-order valence-electron chi connectivity index (χ2n) is 8.00. The summed E-state index contributed by atoms with van der Waals surface area (Å²) >= 11 is 9.96. The fourth-order valence-corrected chi connectivity index (χ4v) is 5.01. The molecule has 2 aromatic carbocycles. The Kier molecular flexibility index (Phi) is 6.61. The van der Waals surface area contributed by atoms with E-state index in [4.69, 9.17) is 11.6 Å². The molecule has 5 rings (SSSR count). The molecule has 0 spiro atoms. The van der Waals surface area contributed by atoms with Crippen molar-refractivity contribution in [1.29, 1.82) is 0 Å². The minimum Gasteiger partial charge on any atom is -0.290 e.